The average molecular weight is 801 g/mol. The number of benzene rings is 3. The first-order chi connectivity index (χ1) is 23.1. The molecule has 0 saturated heterocycles. The smallest absolute Gasteiger partial charge is 0.343 e. The second kappa shape index (κ2) is 15.8. The lowest BCUT2D eigenvalue weighted by Crippen LogP contribution is -2.40. The molecular weight excluding hydrogens is 768 g/mol. The van der Waals surface area contributed by atoms with Crippen molar-refractivity contribution in [1.82, 2.24) is 4.57 Å². The van der Waals surface area contributed by atoms with Crippen molar-refractivity contribution in [3.05, 3.63) is 117 Å². The van der Waals surface area contributed by atoms with E-state index in [-0.39, 0.29) is 24.3 Å². The molecule has 48 heavy (non-hydrogen) atoms. The molecule has 4 aromatic rings. The summed E-state index contributed by atoms with van der Waals surface area (Å²) in [5.74, 6) is 0.0623. The number of rotatable bonds is 12. The number of aromatic nitrogens is 1. The summed E-state index contributed by atoms with van der Waals surface area (Å²) >= 11 is 8.37. The van der Waals surface area contributed by atoms with Gasteiger partial charge in [-0.1, -0.05) is 63.7 Å². The molecule has 0 fully saturated rings. The van der Waals surface area contributed by atoms with Crippen molar-refractivity contribution in [2.45, 2.75) is 33.4 Å². The van der Waals surface area contributed by atoms with Gasteiger partial charge in [-0.05, 0) is 78.2 Å². The van der Waals surface area contributed by atoms with Crippen LogP contribution in [-0.2, 0) is 25.7 Å². The van der Waals surface area contributed by atoms with Crippen LogP contribution in [0.5, 0.6) is 17.2 Å². The zero-order chi connectivity index (χ0) is 34.4. The van der Waals surface area contributed by atoms with Crippen molar-refractivity contribution in [2.24, 2.45) is 4.99 Å². The van der Waals surface area contributed by atoms with E-state index in [1.165, 1.54) is 23.0 Å². The van der Waals surface area contributed by atoms with E-state index in [0.717, 1.165) is 10.0 Å². The first kappa shape index (κ1) is 35.1. The van der Waals surface area contributed by atoms with Gasteiger partial charge in [-0.3, -0.25) is 9.36 Å². The largest absolute Gasteiger partial charge is 0.490 e. The molecule has 10 nitrogen and oxygen atoms in total. The van der Waals surface area contributed by atoms with Crippen LogP contribution in [0.1, 0.15) is 43.5 Å². The van der Waals surface area contributed by atoms with Crippen molar-refractivity contribution < 1.29 is 33.3 Å². The SMILES string of the molecule is CCOC(=O)C1=C(C)N=c2s/c(=C/c3cc(Br)cc(Br)c3OCc3ccccc3)c(=O)n2[C@H]1c1ccc(OCC(=O)OC)c(OCC)c1. The molecule has 0 radical (unpaired) electrons. The third kappa shape index (κ3) is 7.74. The fourth-order valence-electron chi connectivity index (χ4n) is 5.10. The van der Waals surface area contributed by atoms with E-state index in [2.05, 4.69) is 36.9 Å². The Kier molecular flexibility index (Phi) is 11.6. The predicted octanol–water partition coefficient (Wildman–Crippen LogP) is 5.85. The normalized spacial score (nSPS) is 14.2. The first-order valence-electron chi connectivity index (χ1n) is 15.0. The van der Waals surface area contributed by atoms with E-state index in [1.807, 2.05) is 49.4 Å². The quantitative estimate of drug-likeness (QED) is 0.164. The monoisotopic (exact) mass is 798 g/mol. The number of thiazole rings is 1. The second-order valence-electron chi connectivity index (χ2n) is 10.4. The van der Waals surface area contributed by atoms with Gasteiger partial charge in [0.1, 0.15) is 12.4 Å². The molecule has 0 spiro atoms. The Hall–Kier alpha value is -4.20. The number of ether oxygens (including phenoxy) is 5. The summed E-state index contributed by atoms with van der Waals surface area (Å²) in [7, 11) is 1.27. The molecule has 1 aliphatic rings. The second-order valence-corrected chi connectivity index (χ2v) is 13.2. The summed E-state index contributed by atoms with van der Waals surface area (Å²) < 4.78 is 31.2. The first-order valence-corrected chi connectivity index (χ1v) is 17.4. The predicted molar refractivity (Wildman–Crippen MR) is 188 cm³/mol. The van der Waals surface area contributed by atoms with Crippen LogP contribution in [-0.4, -0.2) is 43.4 Å². The van der Waals surface area contributed by atoms with Gasteiger partial charge in [0.2, 0.25) is 0 Å². The molecule has 1 atom stereocenters. The van der Waals surface area contributed by atoms with Crippen molar-refractivity contribution in [3.63, 3.8) is 0 Å². The Labute approximate surface area is 297 Å². The van der Waals surface area contributed by atoms with E-state index in [4.69, 9.17) is 23.7 Å². The molecule has 3 aromatic carbocycles. The molecule has 0 unspecified atom stereocenters. The molecule has 0 bridgehead atoms. The van der Waals surface area contributed by atoms with Gasteiger partial charge >= 0.3 is 11.9 Å². The Bertz CT molecular complexity index is 2060. The van der Waals surface area contributed by atoms with Gasteiger partial charge in [0.15, 0.2) is 22.9 Å². The van der Waals surface area contributed by atoms with Crippen molar-refractivity contribution in [2.75, 3.05) is 26.9 Å². The maximum Gasteiger partial charge on any atom is 0.343 e. The summed E-state index contributed by atoms with van der Waals surface area (Å²) in [5, 5.41) is 0. The fraction of sp³-hybridized carbons (Fsp3) is 0.257. The van der Waals surface area contributed by atoms with Crippen LogP contribution < -0.4 is 29.1 Å². The van der Waals surface area contributed by atoms with Gasteiger partial charge in [-0.2, -0.15) is 0 Å². The standard InChI is InChI=1S/C35H32Br2N2O8S/c1-5-44-27-15-22(12-13-26(27)46-19-29(40)43-4)31-30(34(42)45-6-2)20(3)38-35-39(31)33(41)28(48-35)16-23-14-24(36)17-25(37)32(23)47-18-21-10-8-7-9-11-21/h7-17,31H,5-6,18-19H2,1-4H3/b28-16+/t31-/m0/s1. The van der Waals surface area contributed by atoms with Crippen LogP contribution in [0.25, 0.3) is 6.08 Å². The molecule has 1 aliphatic heterocycles. The van der Waals surface area contributed by atoms with Crippen LogP contribution >= 0.6 is 43.2 Å². The highest BCUT2D eigenvalue weighted by Gasteiger charge is 2.34. The van der Waals surface area contributed by atoms with Crippen LogP contribution in [0, 0.1) is 0 Å². The number of carbonyl (C=O) groups excluding carboxylic acids is 2. The zero-order valence-corrected chi connectivity index (χ0v) is 30.6. The highest BCUT2D eigenvalue weighted by atomic mass is 79.9. The lowest BCUT2D eigenvalue weighted by Gasteiger charge is -2.25. The summed E-state index contributed by atoms with van der Waals surface area (Å²) in [4.78, 5) is 44.6. The average Bonchev–Trinajstić information content (AvgIpc) is 3.37. The third-order valence-electron chi connectivity index (χ3n) is 7.22. The minimum atomic E-state index is -0.889. The molecule has 13 heteroatoms. The van der Waals surface area contributed by atoms with Gasteiger partial charge in [0.05, 0.1) is 46.6 Å². The zero-order valence-electron chi connectivity index (χ0n) is 26.6. The molecular formula is C35H32Br2N2O8S. The summed E-state index contributed by atoms with van der Waals surface area (Å²) in [6, 6.07) is 17.7. The van der Waals surface area contributed by atoms with E-state index >= 15 is 0 Å². The van der Waals surface area contributed by atoms with Crippen LogP contribution in [0.15, 0.2) is 90.7 Å². The number of carbonyl (C=O) groups is 2. The van der Waals surface area contributed by atoms with Gasteiger partial charge in [-0.15, -0.1) is 0 Å². The van der Waals surface area contributed by atoms with E-state index in [1.54, 1.807) is 38.1 Å². The Morgan fingerprint density at radius 3 is 2.46 bits per heavy atom. The lowest BCUT2D eigenvalue weighted by atomic mass is 9.95. The highest BCUT2D eigenvalue weighted by Crippen LogP contribution is 2.37. The number of esters is 2. The number of nitrogens with zero attached hydrogens (tertiary/aromatic N) is 2. The van der Waals surface area contributed by atoms with Gasteiger partial charge in [0, 0.05) is 10.0 Å². The van der Waals surface area contributed by atoms with E-state index in [0.29, 0.717) is 61.1 Å². The summed E-state index contributed by atoms with van der Waals surface area (Å²) in [6.07, 6.45) is 1.76. The van der Waals surface area contributed by atoms with E-state index in [9.17, 15) is 14.4 Å². The molecule has 5 rings (SSSR count). The number of hydrogen-bond acceptors (Lipinski definition) is 10. The molecule has 0 N–H and O–H groups in total. The molecule has 2 heterocycles. The molecule has 250 valence electrons. The maximum atomic E-state index is 14.3. The minimum Gasteiger partial charge on any atom is -0.490 e. The van der Waals surface area contributed by atoms with Crippen LogP contribution in [0.4, 0.5) is 0 Å². The summed E-state index contributed by atoms with van der Waals surface area (Å²) in [6.45, 7) is 5.69. The van der Waals surface area contributed by atoms with Crippen molar-refractivity contribution in [3.8, 4) is 17.2 Å². The van der Waals surface area contributed by atoms with Gasteiger partial charge < -0.3 is 23.7 Å². The van der Waals surface area contributed by atoms with Crippen LogP contribution in [0.3, 0.4) is 0 Å². The number of fused-ring (bicyclic) bond motifs is 1. The number of hydrogen-bond donors (Lipinski definition) is 0. The highest BCUT2D eigenvalue weighted by molar-refractivity contribution is 9.11. The van der Waals surface area contributed by atoms with Crippen molar-refractivity contribution in [1.29, 1.82) is 0 Å². The van der Waals surface area contributed by atoms with Gasteiger partial charge in [-0.25, -0.2) is 14.6 Å². The number of methoxy groups -OCH3 is 1. The third-order valence-corrected chi connectivity index (χ3v) is 9.25. The molecule has 0 aliphatic carbocycles. The van der Waals surface area contributed by atoms with Crippen LogP contribution in [0.2, 0.25) is 0 Å². The topological polar surface area (TPSA) is 115 Å². The van der Waals surface area contributed by atoms with Crippen molar-refractivity contribution >= 4 is 61.2 Å². The molecule has 1 aromatic heterocycles. The van der Waals surface area contributed by atoms with Gasteiger partial charge in [0.25, 0.3) is 5.56 Å². The van der Waals surface area contributed by atoms with E-state index < -0.39 is 18.0 Å². The Morgan fingerprint density at radius 1 is 0.979 bits per heavy atom. The fourth-order valence-corrected chi connectivity index (χ4v) is 7.51. The Balaban J connectivity index is 1.65. The molecule has 0 amide bonds. The number of halogens is 2. The molecule has 0 saturated carbocycles. The minimum absolute atomic E-state index is 0.140. The Morgan fingerprint density at radius 2 is 1.75 bits per heavy atom. The maximum absolute atomic E-state index is 14.3. The lowest BCUT2D eigenvalue weighted by molar-refractivity contribution is -0.143. The number of allylic oxidation sites excluding steroid dienone is 1. The summed E-state index contributed by atoms with van der Waals surface area (Å²) in [5.41, 5.74) is 2.51.